The van der Waals surface area contributed by atoms with E-state index >= 15 is 0 Å². The van der Waals surface area contributed by atoms with Crippen LogP contribution in [0.5, 0.6) is 0 Å². The maximum absolute atomic E-state index is 13.2. The fourth-order valence-electron chi connectivity index (χ4n) is 3.18. The maximum Gasteiger partial charge on any atom is 0.249 e. The number of hydrogen-bond acceptors (Lipinski definition) is 3. The zero-order chi connectivity index (χ0) is 19.8. The average Bonchev–Trinajstić information content (AvgIpc) is 3.00. The smallest absolute Gasteiger partial charge is 0.249 e. The van der Waals surface area contributed by atoms with Crippen LogP contribution >= 0.6 is 15.9 Å². The molecule has 6 nitrogen and oxygen atoms in total. The number of carbonyl (C=O) groups excluding carboxylic acids is 2. The monoisotopic (exact) mass is 442 g/mol. The standard InChI is InChI=1S/C20H16BrFN4O2/c1-11-18(12-2-6-14(22)7-3-12)25-26-16(10-17(27)24-19(11)26)20(28)23-15-8-4-13(21)5-9-15/h2-9,16H,10H2,1H3,(H,23,28)(H,24,27)/t16-/m0/s1. The minimum atomic E-state index is -0.778. The third kappa shape index (κ3) is 3.43. The van der Waals surface area contributed by atoms with Crippen LogP contribution in [0.4, 0.5) is 15.9 Å². The normalized spacial score (nSPS) is 15.7. The molecule has 2 N–H and O–H groups in total. The van der Waals surface area contributed by atoms with E-state index in [9.17, 15) is 14.0 Å². The summed E-state index contributed by atoms with van der Waals surface area (Å²) < 4.78 is 15.7. The van der Waals surface area contributed by atoms with Crippen LogP contribution in [-0.4, -0.2) is 21.6 Å². The number of nitrogens with zero attached hydrogens (tertiary/aromatic N) is 2. The number of carbonyl (C=O) groups is 2. The number of anilines is 2. The number of aromatic nitrogens is 2. The number of benzene rings is 2. The van der Waals surface area contributed by atoms with E-state index in [0.717, 1.165) is 10.0 Å². The molecule has 4 rings (SSSR count). The highest BCUT2D eigenvalue weighted by molar-refractivity contribution is 9.10. The van der Waals surface area contributed by atoms with Crippen LogP contribution in [0, 0.1) is 12.7 Å². The van der Waals surface area contributed by atoms with E-state index in [2.05, 4.69) is 31.7 Å². The van der Waals surface area contributed by atoms with Gasteiger partial charge in [-0.2, -0.15) is 5.10 Å². The van der Waals surface area contributed by atoms with E-state index in [-0.39, 0.29) is 24.1 Å². The van der Waals surface area contributed by atoms with Crippen LogP contribution in [0.3, 0.4) is 0 Å². The van der Waals surface area contributed by atoms with Gasteiger partial charge in [-0.15, -0.1) is 0 Å². The quantitative estimate of drug-likeness (QED) is 0.635. The highest BCUT2D eigenvalue weighted by atomic mass is 79.9. The Morgan fingerprint density at radius 3 is 2.57 bits per heavy atom. The summed E-state index contributed by atoms with van der Waals surface area (Å²) in [7, 11) is 0. The first-order valence-corrected chi connectivity index (χ1v) is 9.43. The molecule has 2 amide bonds. The molecule has 1 aliphatic heterocycles. The topological polar surface area (TPSA) is 76.0 Å². The number of halogens is 2. The van der Waals surface area contributed by atoms with Gasteiger partial charge in [-0.1, -0.05) is 15.9 Å². The van der Waals surface area contributed by atoms with Gasteiger partial charge in [0.1, 0.15) is 17.7 Å². The molecule has 28 heavy (non-hydrogen) atoms. The Hall–Kier alpha value is -3.00. The Labute approximate surface area is 168 Å². The summed E-state index contributed by atoms with van der Waals surface area (Å²) in [6.45, 7) is 1.81. The van der Waals surface area contributed by atoms with Crippen molar-refractivity contribution in [2.45, 2.75) is 19.4 Å². The van der Waals surface area contributed by atoms with Gasteiger partial charge in [0.15, 0.2) is 0 Å². The van der Waals surface area contributed by atoms with Crippen molar-refractivity contribution in [1.82, 2.24) is 9.78 Å². The van der Waals surface area contributed by atoms with Crippen LogP contribution in [0.25, 0.3) is 11.3 Å². The van der Waals surface area contributed by atoms with Crippen LogP contribution in [0.15, 0.2) is 53.0 Å². The van der Waals surface area contributed by atoms with Gasteiger partial charge in [0.25, 0.3) is 0 Å². The molecule has 0 saturated carbocycles. The molecule has 0 fully saturated rings. The second-order valence-electron chi connectivity index (χ2n) is 6.54. The number of fused-ring (bicyclic) bond motifs is 1. The molecule has 1 aromatic heterocycles. The molecule has 2 aromatic carbocycles. The van der Waals surface area contributed by atoms with Crippen molar-refractivity contribution in [2.24, 2.45) is 0 Å². The van der Waals surface area contributed by atoms with Gasteiger partial charge < -0.3 is 10.6 Å². The van der Waals surface area contributed by atoms with Crippen LogP contribution < -0.4 is 10.6 Å². The molecule has 0 aliphatic carbocycles. The fourth-order valence-corrected chi connectivity index (χ4v) is 3.45. The van der Waals surface area contributed by atoms with Gasteiger partial charge in [-0.05, 0) is 55.5 Å². The number of hydrogen-bond donors (Lipinski definition) is 2. The summed E-state index contributed by atoms with van der Waals surface area (Å²) >= 11 is 3.35. The highest BCUT2D eigenvalue weighted by Gasteiger charge is 2.34. The Kier molecular flexibility index (Phi) is 4.72. The molecular formula is C20H16BrFN4O2. The Balaban J connectivity index is 1.69. The van der Waals surface area contributed by atoms with Crippen molar-refractivity contribution in [2.75, 3.05) is 10.6 Å². The van der Waals surface area contributed by atoms with Crippen LogP contribution in [0.1, 0.15) is 18.0 Å². The van der Waals surface area contributed by atoms with Gasteiger partial charge in [-0.25, -0.2) is 9.07 Å². The Morgan fingerprint density at radius 1 is 1.21 bits per heavy atom. The molecule has 1 aliphatic rings. The molecule has 0 unspecified atom stereocenters. The molecule has 1 atom stereocenters. The average molecular weight is 443 g/mol. The van der Waals surface area contributed by atoms with E-state index in [1.54, 1.807) is 24.3 Å². The van der Waals surface area contributed by atoms with Crippen molar-refractivity contribution in [3.63, 3.8) is 0 Å². The summed E-state index contributed by atoms with van der Waals surface area (Å²) in [5.74, 6) is -0.444. The van der Waals surface area contributed by atoms with Gasteiger partial charge in [0.05, 0.1) is 12.1 Å². The summed E-state index contributed by atoms with van der Waals surface area (Å²) in [5, 5.41) is 10.2. The van der Waals surface area contributed by atoms with Crippen LogP contribution in [-0.2, 0) is 9.59 Å². The first kappa shape index (κ1) is 18.4. The Bertz CT molecular complexity index is 1060. The molecule has 0 radical (unpaired) electrons. The molecule has 3 aromatic rings. The second kappa shape index (κ2) is 7.20. The lowest BCUT2D eigenvalue weighted by Gasteiger charge is -2.24. The minimum Gasteiger partial charge on any atom is -0.324 e. The van der Waals surface area contributed by atoms with E-state index in [4.69, 9.17) is 0 Å². The van der Waals surface area contributed by atoms with Crippen molar-refractivity contribution >= 4 is 39.2 Å². The molecule has 0 bridgehead atoms. The predicted molar refractivity (Wildman–Crippen MR) is 107 cm³/mol. The van der Waals surface area contributed by atoms with E-state index < -0.39 is 6.04 Å². The fraction of sp³-hybridized carbons (Fsp3) is 0.150. The first-order valence-electron chi connectivity index (χ1n) is 8.63. The zero-order valence-corrected chi connectivity index (χ0v) is 16.5. The molecule has 0 saturated heterocycles. The van der Waals surface area contributed by atoms with E-state index in [0.29, 0.717) is 22.8 Å². The lowest BCUT2D eigenvalue weighted by molar-refractivity contribution is -0.125. The van der Waals surface area contributed by atoms with Crippen molar-refractivity contribution in [3.05, 3.63) is 64.4 Å². The third-order valence-electron chi connectivity index (χ3n) is 4.61. The van der Waals surface area contributed by atoms with E-state index in [1.165, 1.54) is 16.8 Å². The lowest BCUT2D eigenvalue weighted by Crippen LogP contribution is -2.35. The first-order chi connectivity index (χ1) is 13.4. The molecular weight excluding hydrogens is 427 g/mol. The van der Waals surface area contributed by atoms with Crippen molar-refractivity contribution < 1.29 is 14.0 Å². The molecule has 2 heterocycles. The van der Waals surface area contributed by atoms with Gasteiger partial charge in [0.2, 0.25) is 11.8 Å². The summed E-state index contributed by atoms with van der Waals surface area (Å²) in [4.78, 5) is 25.0. The SMILES string of the molecule is Cc1c(-c2ccc(F)cc2)nn2c1NC(=O)C[C@H]2C(=O)Nc1ccc(Br)cc1. The predicted octanol–water partition coefficient (Wildman–Crippen LogP) is 4.28. The third-order valence-corrected chi connectivity index (χ3v) is 5.14. The van der Waals surface area contributed by atoms with Gasteiger partial charge in [-0.3, -0.25) is 9.59 Å². The van der Waals surface area contributed by atoms with Crippen molar-refractivity contribution in [1.29, 1.82) is 0 Å². The summed E-state index contributed by atoms with van der Waals surface area (Å²) in [5.41, 5.74) is 2.66. The number of rotatable bonds is 3. The largest absolute Gasteiger partial charge is 0.324 e. The molecule has 142 valence electrons. The van der Waals surface area contributed by atoms with Crippen LogP contribution in [0.2, 0.25) is 0 Å². The maximum atomic E-state index is 13.2. The van der Waals surface area contributed by atoms with E-state index in [1.807, 2.05) is 19.1 Å². The minimum absolute atomic E-state index is 0.0145. The number of amides is 2. The molecule has 0 spiro atoms. The molecule has 8 heteroatoms. The summed E-state index contributed by atoms with van der Waals surface area (Å²) in [6, 6.07) is 12.3. The zero-order valence-electron chi connectivity index (χ0n) is 14.9. The van der Waals surface area contributed by atoms with Gasteiger partial charge in [0, 0.05) is 21.3 Å². The lowest BCUT2D eigenvalue weighted by atomic mass is 10.1. The summed E-state index contributed by atoms with van der Waals surface area (Å²) in [6.07, 6.45) is -0.0145. The van der Waals surface area contributed by atoms with Gasteiger partial charge >= 0.3 is 0 Å². The second-order valence-corrected chi connectivity index (χ2v) is 7.45. The van der Waals surface area contributed by atoms with Crippen molar-refractivity contribution in [3.8, 4) is 11.3 Å². The highest BCUT2D eigenvalue weighted by Crippen LogP contribution is 2.34. The Morgan fingerprint density at radius 2 is 1.89 bits per heavy atom. The number of nitrogens with one attached hydrogen (secondary N) is 2.